The number of aromatic hydroxyl groups is 2. The van der Waals surface area contributed by atoms with E-state index in [0.717, 1.165) is 24.2 Å². The minimum absolute atomic E-state index is 0.196. The molecule has 4 N–H and O–H groups in total. The van der Waals surface area contributed by atoms with Gasteiger partial charge in [-0.15, -0.1) is 0 Å². The monoisotopic (exact) mass is 772 g/mol. The SMILES string of the molecule is CN(C)CCON=C(C=Cc1ccc(O)cc1)c1ccccc1F.CN(C)CCON=C(C=Cc1ccc(O)cc1)c1ccccc1F.O=C(O)/C=C/C(=O)O. The number of hydrogen-bond donors (Lipinski definition) is 4. The van der Waals surface area contributed by atoms with Gasteiger partial charge in [0.1, 0.15) is 47.8 Å². The number of rotatable bonds is 16. The van der Waals surface area contributed by atoms with Crippen molar-refractivity contribution in [1.82, 2.24) is 9.80 Å². The number of allylic oxidation sites excluding steroid dienone is 2. The van der Waals surface area contributed by atoms with E-state index in [1.54, 1.807) is 109 Å². The van der Waals surface area contributed by atoms with Crippen LogP contribution in [0.1, 0.15) is 22.3 Å². The van der Waals surface area contributed by atoms with Gasteiger partial charge in [-0.1, -0.05) is 71.0 Å². The van der Waals surface area contributed by atoms with E-state index in [2.05, 4.69) is 10.3 Å². The second-order valence-electron chi connectivity index (χ2n) is 12.0. The van der Waals surface area contributed by atoms with Crippen LogP contribution in [0.2, 0.25) is 0 Å². The van der Waals surface area contributed by atoms with Gasteiger partial charge in [0, 0.05) is 36.4 Å². The third-order valence-electron chi connectivity index (χ3n) is 6.91. The largest absolute Gasteiger partial charge is 0.508 e. The van der Waals surface area contributed by atoms with Gasteiger partial charge < -0.3 is 39.9 Å². The maximum atomic E-state index is 14.0. The molecule has 56 heavy (non-hydrogen) atoms. The first-order chi connectivity index (χ1) is 26.7. The van der Waals surface area contributed by atoms with Crippen LogP contribution in [0.4, 0.5) is 8.78 Å². The van der Waals surface area contributed by atoms with Crippen LogP contribution in [0.3, 0.4) is 0 Å². The molecule has 0 aliphatic heterocycles. The first-order valence-electron chi connectivity index (χ1n) is 17.0. The van der Waals surface area contributed by atoms with Crippen LogP contribution in [-0.4, -0.2) is 108 Å². The summed E-state index contributed by atoms with van der Waals surface area (Å²) in [6.45, 7) is 2.27. The fourth-order valence-corrected chi connectivity index (χ4v) is 4.02. The molecule has 0 radical (unpaired) electrons. The number of carboxylic acids is 2. The van der Waals surface area contributed by atoms with E-state index in [1.807, 2.05) is 38.0 Å². The van der Waals surface area contributed by atoms with Gasteiger partial charge in [-0.3, -0.25) is 0 Å². The van der Waals surface area contributed by atoms with Crippen LogP contribution in [0.15, 0.2) is 132 Å². The van der Waals surface area contributed by atoms with Crippen molar-refractivity contribution in [3.8, 4) is 11.5 Å². The zero-order valence-corrected chi connectivity index (χ0v) is 31.5. The number of aliphatic carboxylic acids is 2. The Hall–Kier alpha value is -6.64. The lowest BCUT2D eigenvalue weighted by Crippen LogP contribution is -2.17. The van der Waals surface area contributed by atoms with Crippen molar-refractivity contribution in [2.75, 3.05) is 54.5 Å². The van der Waals surface area contributed by atoms with Crippen LogP contribution < -0.4 is 0 Å². The molecule has 0 saturated carbocycles. The van der Waals surface area contributed by atoms with E-state index in [4.69, 9.17) is 19.9 Å². The van der Waals surface area contributed by atoms with Crippen molar-refractivity contribution < 1.29 is 48.5 Å². The van der Waals surface area contributed by atoms with Crippen molar-refractivity contribution in [1.29, 1.82) is 0 Å². The summed E-state index contributed by atoms with van der Waals surface area (Å²) in [4.78, 5) is 33.7. The van der Waals surface area contributed by atoms with Gasteiger partial charge >= 0.3 is 11.9 Å². The third-order valence-corrected chi connectivity index (χ3v) is 6.91. The molecular formula is C42H46F2N4O8. The van der Waals surface area contributed by atoms with Crippen molar-refractivity contribution >= 4 is 35.5 Å². The second-order valence-corrected chi connectivity index (χ2v) is 12.0. The average Bonchev–Trinajstić information content (AvgIpc) is 3.16. The first-order valence-corrected chi connectivity index (χ1v) is 17.0. The predicted molar refractivity (Wildman–Crippen MR) is 214 cm³/mol. The highest BCUT2D eigenvalue weighted by Crippen LogP contribution is 2.15. The van der Waals surface area contributed by atoms with Gasteiger partial charge in [-0.2, -0.15) is 0 Å². The zero-order valence-electron chi connectivity index (χ0n) is 31.5. The van der Waals surface area contributed by atoms with Gasteiger partial charge in [-0.05, 0) is 100 Å². The number of carbonyl (C=O) groups is 2. The topological polar surface area (TPSA) is 165 Å². The van der Waals surface area contributed by atoms with E-state index in [9.17, 15) is 28.6 Å². The molecule has 296 valence electrons. The lowest BCUT2D eigenvalue weighted by Gasteiger charge is -2.08. The van der Waals surface area contributed by atoms with Crippen molar-refractivity contribution in [2.24, 2.45) is 10.3 Å². The Morgan fingerprint density at radius 3 is 1.21 bits per heavy atom. The third kappa shape index (κ3) is 19.4. The van der Waals surface area contributed by atoms with Gasteiger partial charge in [0.15, 0.2) is 0 Å². The van der Waals surface area contributed by atoms with Gasteiger partial charge in [0.05, 0.1) is 0 Å². The quantitative estimate of drug-likeness (QED) is 0.0414. The molecule has 0 heterocycles. The summed E-state index contributed by atoms with van der Waals surface area (Å²) in [7, 11) is 7.76. The Balaban J connectivity index is 0.000000325. The highest BCUT2D eigenvalue weighted by Gasteiger charge is 2.09. The van der Waals surface area contributed by atoms with Gasteiger partial charge in [-0.25, -0.2) is 18.4 Å². The second kappa shape index (κ2) is 25.4. The smallest absolute Gasteiger partial charge is 0.328 e. The first kappa shape index (κ1) is 45.5. The van der Waals surface area contributed by atoms with Crippen LogP contribution >= 0.6 is 0 Å². The van der Waals surface area contributed by atoms with E-state index >= 15 is 0 Å². The molecule has 0 spiro atoms. The Morgan fingerprint density at radius 1 is 0.571 bits per heavy atom. The Bertz CT molecular complexity index is 1820. The number of benzene rings is 4. The summed E-state index contributed by atoms with van der Waals surface area (Å²) in [5.74, 6) is -2.84. The summed E-state index contributed by atoms with van der Waals surface area (Å²) in [5.41, 5.74) is 3.28. The van der Waals surface area contributed by atoms with E-state index in [-0.39, 0.29) is 23.1 Å². The number of phenolic OH excluding ortho intramolecular Hbond substituents is 2. The van der Waals surface area contributed by atoms with E-state index < -0.39 is 11.9 Å². The van der Waals surface area contributed by atoms with Crippen LogP contribution in [-0.2, 0) is 19.3 Å². The van der Waals surface area contributed by atoms with Crippen LogP contribution in [0.5, 0.6) is 11.5 Å². The highest BCUT2D eigenvalue weighted by molar-refractivity contribution is 6.11. The molecule has 0 fully saturated rings. The summed E-state index contributed by atoms with van der Waals surface area (Å²) in [6.07, 6.45) is 8.09. The van der Waals surface area contributed by atoms with Crippen LogP contribution in [0.25, 0.3) is 12.2 Å². The minimum atomic E-state index is -1.26. The van der Waals surface area contributed by atoms with Crippen molar-refractivity contribution in [3.05, 3.63) is 155 Å². The normalized spacial score (nSPS) is 11.7. The number of nitrogens with zero attached hydrogens (tertiary/aromatic N) is 4. The molecule has 4 rings (SSSR count). The van der Waals surface area contributed by atoms with E-state index in [1.165, 1.54) is 12.1 Å². The minimum Gasteiger partial charge on any atom is -0.508 e. The highest BCUT2D eigenvalue weighted by atomic mass is 19.1. The van der Waals surface area contributed by atoms with Crippen molar-refractivity contribution in [2.45, 2.75) is 0 Å². The van der Waals surface area contributed by atoms with Crippen molar-refractivity contribution in [3.63, 3.8) is 0 Å². The van der Waals surface area contributed by atoms with Crippen LogP contribution in [0, 0.1) is 11.6 Å². The molecule has 0 saturated heterocycles. The molecule has 0 bridgehead atoms. The number of oxime groups is 2. The lowest BCUT2D eigenvalue weighted by molar-refractivity contribution is -0.134. The Labute approximate surface area is 324 Å². The fraction of sp³-hybridized carbons (Fsp3) is 0.190. The van der Waals surface area contributed by atoms with Gasteiger partial charge in [0.2, 0.25) is 0 Å². The number of likely N-dealkylation sites (N-methyl/N-ethyl adjacent to an activating group) is 2. The number of phenols is 2. The molecule has 0 aliphatic rings. The molecule has 0 unspecified atom stereocenters. The summed E-state index contributed by atoms with van der Waals surface area (Å²) in [5, 5.41) is 42.4. The zero-order chi connectivity index (χ0) is 41.3. The van der Waals surface area contributed by atoms with E-state index in [0.29, 0.717) is 47.9 Å². The van der Waals surface area contributed by atoms with Gasteiger partial charge in [0.25, 0.3) is 0 Å². The molecule has 0 aromatic heterocycles. The summed E-state index contributed by atoms with van der Waals surface area (Å²) in [6, 6.07) is 26.3. The average molecular weight is 773 g/mol. The standard InChI is InChI=1S/2C19H21FN2O2.C4H4O4/c2*1-22(2)13-14-24-21-19(17-5-3-4-6-18(17)20)12-9-15-7-10-16(23)11-8-15;5-3(6)1-2-4(7)8/h2*3-12,23H,13-14H2,1-2H3;1-2H,(H,5,6)(H,7,8)/b;;2-1+. The lowest BCUT2D eigenvalue weighted by atomic mass is 10.1. The molecular weight excluding hydrogens is 726 g/mol. The molecule has 4 aromatic carbocycles. The molecule has 4 aromatic rings. The number of hydrogen-bond acceptors (Lipinski definition) is 10. The summed E-state index contributed by atoms with van der Waals surface area (Å²) < 4.78 is 28.1. The molecule has 0 amide bonds. The Kier molecular flexibility index (Phi) is 20.6. The fourth-order valence-electron chi connectivity index (χ4n) is 4.02. The summed E-state index contributed by atoms with van der Waals surface area (Å²) >= 11 is 0. The molecule has 12 nitrogen and oxygen atoms in total. The molecule has 14 heteroatoms. The number of halogens is 2. The number of carboxylic acid groups (broad SMARTS) is 2. The molecule has 0 aliphatic carbocycles. The maximum absolute atomic E-state index is 14.0. The molecule has 0 atom stereocenters. The Morgan fingerprint density at radius 2 is 0.911 bits per heavy atom. The predicted octanol–water partition coefficient (Wildman–Crippen LogP) is 6.77. The maximum Gasteiger partial charge on any atom is 0.328 e.